The summed E-state index contributed by atoms with van der Waals surface area (Å²) >= 11 is 0. The Labute approximate surface area is 182 Å². The highest BCUT2D eigenvalue weighted by Crippen LogP contribution is 2.10. The molecule has 0 aliphatic rings. The van der Waals surface area contributed by atoms with Crippen molar-refractivity contribution in [3.05, 3.63) is 12.2 Å². The van der Waals surface area contributed by atoms with Crippen LogP contribution < -0.4 is 12.4 Å². The van der Waals surface area contributed by atoms with Gasteiger partial charge < -0.3 is 26.7 Å². The van der Waals surface area contributed by atoms with Crippen LogP contribution in [0.2, 0.25) is 0 Å². The summed E-state index contributed by atoms with van der Waals surface area (Å²) in [7, 11) is 6.28. The number of hydrogen-bond acceptors (Lipinski definition) is 2. The van der Waals surface area contributed by atoms with Gasteiger partial charge in [-0.2, -0.15) is 0 Å². The minimum absolute atomic E-state index is 0. The van der Waals surface area contributed by atoms with Crippen molar-refractivity contribution in [2.45, 2.75) is 103 Å². The predicted molar refractivity (Wildman–Crippen MR) is 119 cm³/mol. The molecule has 1 N–H and O–H groups in total. The van der Waals surface area contributed by atoms with Crippen LogP contribution in [0.5, 0.6) is 0 Å². The maximum Gasteiger partial charge on any atom is 0.126 e. The molecule has 4 heteroatoms. The molecule has 0 saturated heterocycles. The van der Waals surface area contributed by atoms with Crippen LogP contribution in [-0.2, 0) is 4.74 Å². The first-order chi connectivity index (χ1) is 13.0. The van der Waals surface area contributed by atoms with Gasteiger partial charge in [-0.1, -0.05) is 76.9 Å². The van der Waals surface area contributed by atoms with Crippen molar-refractivity contribution >= 4 is 0 Å². The van der Waals surface area contributed by atoms with Gasteiger partial charge in [0, 0.05) is 6.61 Å². The third kappa shape index (κ3) is 25.9. The number of likely N-dealkylation sites (N-methyl/N-ethyl adjacent to an activating group) is 1. The van der Waals surface area contributed by atoms with Gasteiger partial charge in [0.2, 0.25) is 0 Å². The van der Waals surface area contributed by atoms with Gasteiger partial charge in [-0.3, -0.25) is 0 Å². The lowest BCUT2D eigenvalue weighted by Gasteiger charge is -2.26. The number of rotatable bonds is 20. The van der Waals surface area contributed by atoms with Crippen molar-refractivity contribution in [1.82, 2.24) is 0 Å². The van der Waals surface area contributed by atoms with E-state index in [0.29, 0.717) is 6.61 Å². The van der Waals surface area contributed by atoms with Crippen LogP contribution in [0.25, 0.3) is 0 Å². The SMILES string of the molecule is CCCCCCCC/C=C\CCCCCCCCOCC(O)C[N+](C)(C)C.[Cl-]. The lowest BCUT2D eigenvalue weighted by molar-refractivity contribution is -0.873. The normalized spacial score (nSPS) is 13.0. The van der Waals surface area contributed by atoms with Crippen LogP contribution in [0.15, 0.2) is 12.2 Å². The number of hydrogen-bond donors (Lipinski definition) is 1. The Morgan fingerprint density at radius 1 is 0.750 bits per heavy atom. The molecule has 3 nitrogen and oxygen atoms in total. The number of nitrogens with zero attached hydrogens (tertiary/aromatic N) is 1. The van der Waals surface area contributed by atoms with E-state index in [0.717, 1.165) is 24.1 Å². The third-order valence-corrected chi connectivity index (χ3v) is 4.87. The van der Waals surface area contributed by atoms with Crippen LogP contribution in [-0.4, -0.2) is 56.6 Å². The third-order valence-electron chi connectivity index (χ3n) is 4.87. The van der Waals surface area contributed by atoms with Crippen molar-refractivity contribution in [2.24, 2.45) is 0 Å². The van der Waals surface area contributed by atoms with Gasteiger partial charge in [0.1, 0.15) is 12.6 Å². The highest BCUT2D eigenvalue weighted by Gasteiger charge is 2.15. The van der Waals surface area contributed by atoms with Crippen molar-refractivity contribution in [3.63, 3.8) is 0 Å². The molecule has 0 radical (unpaired) electrons. The minimum atomic E-state index is -0.348. The van der Waals surface area contributed by atoms with E-state index < -0.39 is 0 Å². The molecule has 0 amide bonds. The summed E-state index contributed by atoms with van der Waals surface area (Å²) in [6, 6.07) is 0. The maximum absolute atomic E-state index is 9.87. The second kappa shape index (κ2) is 21.6. The zero-order valence-electron chi connectivity index (χ0n) is 19.4. The number of unbranched alkanes of at least 4 members (excludes halogenated alkanes) is 12. The Hall–Kier alpha value is -0.0900. The summed E-state index contributed by atoms with van der Waals surface area (Å²) in [4.78, 5) is 0. The Morgan fingerprint density at radius 2 is 1.21 bits per heavy atom. The Bertz CT molecular complexity index is 329. The molecule has 0 aliphatic carbocycles. The molecule has 0 aliphatic heterocycles. The zero-order chi connectivity index (χ0) is 20.2. The summed E-state index contributed by atoms with van der Waals surface area (Å²) in [5.74, 6) is 0. The van der Waals surface area contributed by atoms with E-state index in [9.17, 15) is 5.11 Å². The van der Waals surface area contributed by atoms with Gasteiger partial charge >= 0.3 is 0 Å². The number of quaternary nitrogens is 1. The van der Waals surface area contributed by atoms with E-state index in [1.54, 1.807) is 0 Å². The van der Waals surface area contributed by atoms with Crippen molar-refractivity contribution in [1.29, 1.82) is 0 Å². The Balaban J connectivity index is 0. The molecule has 0 bridgehead atoms. The van der Waals surface area contributed by atoms with Crippen molar-refractivity contribution in [2.75, 3.05) is 40.9 Å². The highest BCUT2D eigenvalue weighted by atomic mass is 35.5. The quantitative estimate of drug-likeness (QED) is 0.186. The molecule has 0 aromatic rings. The molecule has 0 rings (SSSR count). The predicted octanol–water partition coefficient (Wildman–Crippen LogP) is 3.11. The fourth-order valence-electron chi connectivity index (χ4n) is 3.36. The molecule has 1 atom stereocenters. The number of allylic oxidation sites excluding steroid dienone is 2. The second-order valence-corrected chi connectivity index (χ2v) is 9.14. The second-order valence-electron chi connectivity index (χ2n) is 9.14. The summed E-state index contributed by atoms with van der Waals surface area (Å²) < 4.78 is 6.37. The van der Waals surface area contributed by atoms with Gasteiger partial charge in [0.15, 0.2) is 0 Å². The van der Waals surface area contributed by atoms with Crippen LogP contribution in [0.4, 0.5) is 0 Å². The summed E-state index contributed by atoms with van der Waals surface area (Å²) in [6.45, 7) is 4.28. The molecule has 0 fully saturated rings. The zero-order valence-corrected chi connectivity index (χ0v) is 20.2. The van der Waals surface area contributed by atoms with Crippen LogP contribution in [0, 0.1) is 0 Å². The van der Waals surface area contributed by atoms with Gasteiger partial charge in [0.25, 0.3) is 0 Å². The highest BCUT2D eigenvalue weighted by molar-refractivity contribution is 4.81. The fourth-order valence-corrected chi connectivity index (χ4v) is 3.36. The molecule has 170 valence electrons. The molecule has 28 heavy (non-hydrogen) atoms. The van der Waals surface area contributed by atoms with Crippen LogP contribution in [0.1, 0.15) is 96.8 Å². The Morgan fingerprint density at radius 3 is 1.71 bits per heavy atom. The van der Waals surface area contributed by atoms with Gasteiger partial charge in [-0.25, -0.2) is 0 Å². The first-order valence-electron chi connectivity index (χ1n) is 11.7. The van der Waals surface area contributed by atoms with E-state index >= 15 is 0 Å². The average Bonchev–Trinajstić information content (AvgIpc) is 2.59. The minimum Gasteiger partial charge on any atom is -1.00 e. The number of aliphatic hydroxyl groups excluding tert-OH is 1. The molecule has 0 aromatic carbocycles. The van der Waals surface area contributed by atoms with E-state index in [1.165, 1.54) is 83.5 Å². The molecule has 0 aromatic heterocycles. The summed E-state index contributed by atoms with van der Waals surface area (Å²) in [5, 5.41) is 9.87. The van der Waals surface area contributed by atoms with Gasteiger partial charge in [-0.15, -0.1) is 0 Å². The van der Waals surface area contributed by atoms with E-state index in [-0.39, 0.29) is 18.5 Å². The van der Waals surface area contributed by atoms with Crippen molar-refractivity contribution in [3.8, 4) is 0 Å². The number of aliphatic hydroxyl groups is 1. The first kappa shape index (κ1) is 30.1. The lowest BCUT2D eigenvalue weighted by Crippen LogP contribution is -3.00. The van der Waals surface area contributed by atoms with Crippen molar-refractivity contribution < 1.29 is 26.7 Å². The van der Waals surface area contributed by atoms with Crippen LogP contribution in [0.3, 0.4) is 0 Å². The largest absolute Gasteiger partial charge is 1.00 e. The Kier molecular flexibility index (Phi) is 23.2. The van der Waals surface area contributed by atoms with E-state index in [2.05, 4.69) is 40.2 Å². The van der Waals surface area contributed by atoms with E-state index in [1.807, 2.05) is 0 Å². The lowest BCUT2D eigenvalue weighted by atomic mass is 10.1. The molecular formula is C24H50ClNO2. The molecular weight excluding hydrogens is 370 g/mol. The number of halogens is 1. The fraction of sp³-hybridized carbons (Fsp3) is 0.917. The smallest absolute Gasteiger partial charge is 0.126 e. The van der Waals surface area contributed by atoms with E-state index in [4.69, 9.17) is 4.74 Å². The van der Waals surface area contributed by atoms with Crippen LogP contribution >= 0.6 is 0 Å². The molecule has 1 unspecified atom stereocenters. The first-order valence-corrected chi connectivity index (χ1v) is 11.7. The average molecular weight is 420 g/mol. The molecule has 0 heterocycles. The maximum atomic E-state index is 9.87. The van der Waals surface area contributed by atoms with Gasteiger partial charge in [0.05, 0.1) is 27.7 Å². The summed E-state index contributed by atoms with van der Waals surface area (Å²) in [5.41, 5.74) is 0. The number of ether oxygens (including phenoxy) is 1. The monoisotopic (exact) mass is 419 g/mol. The standard InChI is InChI=1S/C24H50NO2.ClH/c1-5-6-7-8-9-10-11-12-13-14-15-16-17-18-19-20-21-27-23-24(26)22-25(2,3)4;/h12-13,24,26H,5-11,14-23H2,1-4H3;1H/q+1;/p-1/b13-12-;. The van der Waals surface area contributed by atoms with Gasteiger partial charge in [-0.05, 0) is 32.1 Å². The molecule has 0 spiro atoms. The summed E-state index contributed by atoms with van der Waals surface area (Å²) in [6.07, 6.45) is 23.0. The molecule has 0 saturated carbocycles. The topological polar surface area (TPSA) is 29.5 Å².